The van der Waals surface area contributed by atoms with Gasteiger partial charge < -0.3 is 9.72 Å². The largest absolute Gasteiger partial charge is 0.351 e. The SMILES string of the molecule is Cc1cccn2cc(C(=O)NCCC(C)C)nc12. The monoisotopic (exact) mass is 245 g/mol. The lowest BCUT2D eigenvalue weighted by Gasteiger charge is -2.04. The van der Waals surface area contributed by atoms with Gasteiger partial charge in [-0.1, -0.05) is 19.9 Å². The van der Waals surface area contributed by atoms with Crippen LogP contribution < -0.4 is 5.32 Å². The summed E-state index contributed by atoms with van der Waals surface area (Å²) >= 11 is 0. The van der Waals surface area contributed by atoms with E-state index in [2.05, 4.69) is 24.1 Å². The van der Waals surface area contributed by atoms with Gasteiger partial charge in [0.05, 0.1) is 0 Å². The third-order valence-corrected chi connectivity index (χ3v) is 2.92. The molecule has 4 nitrogen and oxygen atoms in total. The second kappa shape index (κ2) is 5.21. The van der Waals surface area contributed by atoms with E-state index in [1.807, 2.05) is 29.7 Å². The molecule has 2 rings (SSSR count). The Labute approximate surface area is 107 Å². The molecule has 2 aromatic heterocycles. The molecule has 96 valence electrons. The molecule has 0 aliphatic carbocycles. The van der Waals surface area contributed by atoms with E-state index in [9.17, 15) is 4.79 Å². The Morgan fingerprint density at radius 3 is 2.94 bits per heavy atom. The number of hydrogen-bond donors (Lipinski definition) is 1. The zero-order chi connectivity index (χ0) is 13.1. The zero-order valence-corrected chi connectivity index (χ0v) is 11.1. The van der Waals surface area contributed by atoms with E-state index in [0.717, 1.165) is 17.6 Å². The Morgan fingerprint density at radius 2 is 2.28 bits per heavy atom. The van der Waals surface area contributed by atoms with E-state index in [0.29, 0.717) is 18.2 Å². The van der Waals surface area contributed by atoms with Gasteiger partial charge in [0, 0.05) is 18.9 Å². The van der Waals surface area contributed by atoms with Gasteiger partial charge in [-0.2, -0.15) is 0 Å². The first-order valence-electron chi connectivity index (χ1n) is 6.30. The zero-order valence-electron chi connectivity index (χ0n) is 11.1. The predicted octanol–water partition coefficient (Wildman–Crippen LogP) is 2.42. The number of hydrogen-bond acceptors (Lipinski definition) is 2. The smallest absolute Gasteiger partial charge is 0.271 e. The second-order valence-electron chi connectivity index (χ2n) is 4.99. The van der Waals surface area contributed by atoms with Crippen LogP contribution in [0.5, 0.6) is 0 Å². The number of imidazole rings is 1. The minimum Gasteiger partial charge on any atom is -0.351 e. The third kappa shape index (κ3) is 2.70. The number of rotatable bonds is 4. The summed E-state index contributed by atoms with van der Waals surface area (Å²) in [5.74, 6) is 0.493. The standard InChI is InChI=1S/C14H19N3O/c1-10(2)6-7-15-14(18)12-9-17-8-4-5-11(3)13(17)16-12/h4-5,8-10H,6-7H2,1-3H3,(H,15,18). The van der Waals surface area contributed by atoms with Crippen LogP contribution in [0.25, 0.3) is 5.65 Å². The highest BCUT2D eigenvalue weighted by Crippen LogP contribution is 2.09. The molecule has 0 bridgehead atoms. The molecule has 18 heavy (non-hydrogen) atoms. The molecule has 0 fully saturated rings. The number of aryl methyl sites for hydroxylation is 1. The van der Waals surface area contributed by atoms with Crippen molar-refractivity contribution in [1.82, 2.24) is 14.7 Å². The van der Waals surface area contributed by atoms with E-state index in [1.54, 1.807) is 6.20 Å². The fraction of sp³-hybridized carbons (Fsp3) is 0.429. The van der Waals surface area contributed by atoms with Crippen molar-refractivity contribution >= 4 is 11.6 Å². The summed E-state index contributed by atoms with van der Waals surface area (Å²) in [7, 11) is 0. The van der Waals surface area contributed by atoms with E-state index >= 15 is 0 Å². The van der Waals surface area contributed by atoms with Crippen molar-refractivity contribution in [2.75, 3.05) is 6.54 Å². The highest BCUT2D eigenvalue weighted by Gasteiger charge is 2.11. The molecule has 0 atom stereocenters. The maximum Gasteiger partial charge on any atom is 0.271 e. The Morgan fingerprint density at radius 1 is 1.50 bits per heavy atom. The molecule has 1 amide bonds. The van der Waals surface area contributed by atoms with Gasteiger partial charge in [-0.15, -0.1) is 0 Å². The Bertz CT molecular complexity index is 557. The fourth-order valence-electron chi connectivity index (χ4n) is 1.83. The van der Waals surface area contributed by atoms with Gasteiger partial charge in [-0.05, 0) is 30.9 Å². The molecule has 4 heteroatoms. The van der Waals surface area contributed by atoms with E-state index in [1.165, 1.54) is 0 Å². The average molecular weight is 245 g/mol. The van der Waals surface area contributed by atoms with Crippen LogP contribution in [0.15, 0.2) is 24.5 Å². The summed E-state index contributed by atoms with van der Waals surface area (Å²) in [4.78, 5) is 16.3. The Hall–Kier alpha value is -1.84. The number of nitrogens with zero attached hydrogens (tertiary/aromatic N) is 2. The normalized spacial score (nSPS) is 11.1. The summed E-state index contributed by atoms with van der Waals surface area (Å²) < 4.78 is 1.88. The summed E-state index contributed by atoms with van der Waals surface area (Å²) in [6.07, 6.45) is 4.66. The Kier molecular flexibility index (Phi) is 3.65. The van der Waals surface area contributed by atoms with Crippen molar-refractivity contribution < 1.29 is 4.79 Å². The molecule has 2 aromatic rings. The van der Waals surface area contributed by atoms with E-state index < -0.39 is 0 Å². The van der Waals surface area contributed by atoms with Crippen molar-refractivity contribution in [1.29, 1.82) is 0 Å². The second-order valence-corrected chi connectivity index (χ2v) is 4.99. The fourth-order valence-corrected chi connectivity index (χ4v) is 1.83. The highest BCUT2D eigenvalue weighted by atomic mass is 16.1. The molecule has 0 spiro atoms. The molecule has 1 N–H and O–H groups in total. The quantitative estimate of drug-likeness (QED) is 0.899. The van der Waals surface area contributed by atoms with Crippen molar-refractivity contribution in [2.45, 2.75) is 27.2 Å². The van der Waals surface area contributed by atoms with Crippen LogP contribution in [0, 0.1) is 12.8 Å². The molecule has 0 aromatic carbocycles. The Balaban J connectivity index is 2.11. The van der Waals surface area contributed by atoms with Crippen molar-refractivity contribution in [3.8, 4) is 0 Å². The minimum atomic E-state index is -0.0984. The molecule has 2 heterocycles. The lowest BCUT2D eigenvalue weighted by molar-refractivity contribution is 0.0947. The maximum absolute atomic E-state index is 11.9. The third-order valence-electron chi connectivity index (χ3n) is 2.92. The van der Waals surface area contributed by atoms with Crippen molar-refractivity contribution in [3.05, 3.63) is 35.8 Å². The lowest BCUT2D eigenvalue weighted by Crippen LogP contribution is -2.25. The van der Waals surface area contributed by atoms with Crippen LogP contribution in [0.2, 0.25) is 0 Å². The minimum absolute atomic E-state index is 0.0984. The number of carbonyl (C=O) groups is 1. The first kappa shape index (κ1) is 12.6. The molecular formula is C14H19N3O. The maximum atomic E-state index is 11.9. The topological polar surface area (TPSA) is 46.4 Å². The van der Waals surface area contributed by atoms with Crippen LogP contribution >= 0.6 is 0 Å². The van der Waals surface area contributed by atoms with Gasteiger partial charge in [0.1, 0.15) is 11.3 Å². The molecule has 0 unspecified atom stereocenters. The van der Waals surface area contributed by atoms with Crippen LogP contribution in [0.3, 0.4) is 0 Å². The van der Waals surface area contributed by atoms with Crippen LogP contribution in [-0.4, -0.2) is 21.8 Å². The first-order chi connectivity index (χ1) is 8.58. The summed E-state index contributed by atoms with van der Waals surface area (Å²) in [6.45, 7) is 6.97. The molecule has 0 radical (unpaired) electrons. The predicted molar refractivity (Wildman–Crippen MR) is 71.7 cm³/mol. The number of pyridine rings is 1. The van der Waals surface area contributed by atoms with Gasteiger partial charge in [-0.3, -0.25) is 4.79 Å². The van der Waals surface area contributed by atoms with Gasteiger partial charge in [0.25, 0.3) is 5.91 Å². The number of nitrogens with one attached hydrogen (secondary N) is 1. The highest BCUT2D eigenvalue weighted by molar-refractivity contribution is 5.92. The lowest BCUT2D eigenvalue weighted by atomic mass is 10.1. The summed E-state index contributed by atoms with van der Waals surface area (Å²) in [5, 5.41) is 2.90. The van der Waals surface area contributed by atoms with Gasteiger partial charge in [0.2, 0.25) is 0 Å². The van der Waals surface area contributed by atoms with E-state index in [4.69, 9.17) is 0 Å². The average Bonchev–Trinajstić information content (AvgIpc) is 2.74. The number of fused-ring (bicyclic) bond motifs is 1. The molecule has 0 aliphatic heterocycles. The van der Waals surface area contributed by atoms with Crippen molar-refractivity contribution in [3.63, 3.8) is 0 Å². The van der Waals surface area contributed by atoms with Crippen LogP contribution in [0.1, 0.15) is 36.3 Å². The van der Waals surface area contributed by atoms with Gasteiger partial charge in [0.15, 0.2) is 0 Å². The molecule has 0 aliphatic rings. The number of amides is 1. The molecular weight excluding hydrogens is 226 g/mol. The van der Waals surface area contributed by atoms with Crippen LogP contribution in [-0.2, 0) is 0 Å². The molecule has 0 saturated heterocycles. The number of carbonyl (C=O) groups excluding carboxylic acids is 1. The van der Waals surface area contributed by atoms with Crippen LogP contribution in [0.4, 0.5) is 0 Å². The number of aromatic nitrogens is 2. The summed E-state index contributed by atoms with van der Waals surface area (Å²) in [6, 6.07) is 3.94. The van der Waals surface area contributed by atoms with E-state index in [-0.39, 0.29) is 5.91 Å². The molecule has 0 saturated carbocycles. The van der Waals surface area contributed by atoms with Gasteiger partial charge in [-0.25, -0.2) is 4.98 Å². The van der Waals surface area contributed by atoms with Gasteiger partial charge >= 0.3 is 0 Å². The van der Waals surface area contributed by atoms with Crippen molar-refractivity contribution in [2.24, 2.45) is 5.92 Å². The summed E-state index contributed by atoms with van der Waals surface area (Å²) in [5.41, 5.74) is 2.39. The first-order valence-corrected chi connectivity index (χ1v) is 6.30.